The van der Waals surface area contributed by atoms with Crippen LogP contribution in [-0.4, -0.2) is 46.1 Å². The molecule has 1 aliphatic rings. The Kier molecular flexibility index (Phi) is 5.87. The van der Waals surface area contributed by atoms with Gasteiger partial charge in [0.1, 0.15) is 4.90 Å². The summed E-state index contributed by atoms with van der Waals surface area (Å²) in [4.78, 5) is 2.40. The molecule has 0 aliphatic carbocycles. The Labute approximate surface area is 160 Å². The fourth-order valence-electron chi connectivity index (χ4n) is 2.96. The zero-order valence-electron chi connectivity index (χ0n) is 15.0. The highest BCUT2D eigenvalue weighted by Gasteiger charge is 2.23. The minimum atomic E-state index is -3.64. The first-order valence-corrected chi connectivity index (χ1v) is 10.3. The van der Waals surface area contributed by atoms with Crippen LogP contribution in [0.15, 0.2) is 47.4 Å². The van der Waals surface area contributed by atoms with Crippen molar-refractivity contribution in [3.63, 3.8) is 0 Å². The molecule has 0 unspecified atom stereocenters. The van der Waals surface area contributed by atoms with E-state index in [1.165, 1.54) is 4.31 Å². The quantitative estimate of drug-likeness (QED) is 0.780. The summed E-state index contributed by atoms with van der Waals surface area (Å²) in [6.07, 6.45) is 0. The van der Waals surface area contributed by atoms with Gasteiger partial charge in [-0.3, -0.25) is 0 Å². The van der Waals surface area contributed by atoms with Gasteiger partial charge < -0.3 is 9.64 Å². The van der Waals surface area contributed by atoms with Gasteiger partial charge in [0.05, 0.1) is 18.2 Å². The molecule has 0 spiro atoms. The Bertz CT molecular complexity index is 863. The van der Waals surface area contributed by atoms with Crippen LogP contribution in [0.25, 0.3) is 0 Å². The van der Waals surface area contributed by atoms with E-state index in [9.17, 15) is 8.42 Å². The number of halogens is 1. The number of benzene rings is 2. The van der Waals surface area contributed by atoms with E-state index in [0.717, 1.165) is 43.1 Å². The highest BCUT2D eigenvalue weighted by atomic mass is 35.5. The molecule has 0 aromatic heterocycles. The molecule has 3 rings (SSSR count). The minimum Gasteiger partial charge on any atom is -0.378 e. The van der Waals surface area contributed by atoms with Gasteiger partial charge in [-0.1, -0.05) is 29.8 Å². The summed E-state index contributed by atoms with van der Waals surface area (Å²) in [6.45, 7) is 5.39. The summed E-state index contributed by atoms with van der Waals surface area (Å²) in [6, 6.07) is 13.0. The fourth-order valence-corrected chi connectivity index (χ4v) is 4.69. The van der Waals surface area contributed by atoms with Crippen LogP contribution in [-0.2, 0) is 21.3 Å². The molecule has 1 heterocycles. The van der Waals surface area contributed by atoms with E-state index >= 15 is 0 Å². The van der Waals surface area contributed by atoms with Gasteiger partial charge in [0, 0.05) is 32.4 Å². The van der Waals surface area contributed by atoms with Crippen LogP contribution in [0, 0.1) is 6.92 Å². The van der Waals surface area contributed by atoms with Crippen molar-refractivity contribution >= 4 is 27.3 Å². The topological polar surface area (TPSA) is 49.9 Å². The maximum atomic E-state index is 12.8. The lowest BCUT2D eigenvalue weighted by molar-refractivity contribution is 0.122. The highest BCUT2D eigenvalue weighted by molar-refractivity contribution is 7.89. The van der Waals surface area contributed by atoms with Crippen molar-refractivity contribution in [3.8, 4) is 0 Å². The third-order valence-corrected chi connectivity index (χ3v) is 6.78. The molecule has 0 atom stereocenters. The number of nitrogens with zero attached hydrogens (tertiary/aromatic N) is 2. The summed E-state index contributed by atoms with van der Waals surface area (Å²) in [5, 5.41) is 0.250. The van der Waals surface area contributed by atoms with E-state index in [0.29, 0.717) is 0 Å². The molecule has 0 bridgehead atoms. The first kappa shape index (κ1) is 19.2. The lowest BCUT2D eigenvalue weighted by Gasteiger charge is -2.29. The smallest absolute Gasteiger partial charge is 0.244 e. The van der Waals surface area contributed by atoms with E-state index in [1.807, 2.05) is 31.2 Å². The molecule has 0 saturated carbocycles. The number of hydrogen-bond donors (Lipinski definition) is 0. The molecule has 1 aliphatic heterocycles. The number of rotatable bonds is 5. The number of hydrogen-bond acceptors (Lipinski definition) is 4. The first-order valence-electron chi connectivity index (χ1n) is 8.52. The molecule has 1 fully saturated rings. The van der Waals surface area contributed by atoms with Gasteiger partial charge in [0.25, 0.3) is 0 Å². The van der Waals surface area contributed by atoms with Crippen LogP contribution in [0.3, 0.4) is 0 Å². The lowest BCUT2D eigenvalue weighted by Crippen LogP contribution is -2.36. The Hall–Kier alpha value is -1.60. The first-order chi connectivity index (χ1) is 12.4. The second-order valence-electron chi connectivity index (χ2n) is 6.46. The molecule has 26 heavy (non-hydrogen) atoms. The molecule has 0 radical (unpaired) electrons. The van der Waals surface area contributed by atoms with Crippen LogP contribution >= 0.6 is 11.6 Å². The summed E-state index contributed by atoms with van der Waals surface area (Å²) < 4.78 is 32.3. The van der Waals surface area contributed by atoms with Crippen LogP contribution in [0.1, 0.15) is 11.1 Å². The van der Waals surface area contributed by atoms with Crippen molar-refractivity contribution < 1.29 is 13.2 Å². The fraction of sp³-hybridized carbons (Fsp3) is 0.368. The number of ether oxygens (including phenoxy) is 1. The van der Waals surface area contributed by atoms with Crippen LogP contribution in [0.2, 0.25) is 5.02 Å². The van der Waals surface area contributed by atoms with E-state index in [1.54, 1.807) is 25.2 Å². The monoisotopic (exact) mass is 394 g/mol. The summed E-state index contributed by atoms with van der Waals surface area (Å²) in [5.74, 6) is 0. The molecular formula is C19H23ClN2O3S. The van der Waals surface area contributed by atoms with E-state index in [4.69, 9.17) is 16.3 Å². The molecular weight excluding hydrogens is 372 g/mol. The van der Waals surface area contributed by atoms with Crippen molar-refractivity contribution in [1.29, 1.82) is 0 Å². The normalized spacial score (nSPS) is 15.5. The summed E-state index contributed by atoms with van der Waals surface area (Å²) >= 11 is 6.15. The third kappa shape index (κ3) is 4.20. The third-order valence-electron chi connectivity index (χ3n) is 4.49. The number of morpholine rings is 1. The standard InChI is InChI=1S/C19H23ClN2O3S/c1-15-3-8-19(18(20)13-15)26(23,24)21(2)14-16-4-6-17(7-5-16)22-9-11-25-12-10-22/h3-8,13H,9-12,14H2,1-2H3. The van der Waals surface area contributed by atoms with Gasteiger partial charge in [0.2, 0.25) is 10.0 Å². The second-order valence-corrected chi connectivity index (χ2v) is 8.88. The average molecular weight is 395 g/mol. The Morgan fingerprint density at radius 1 is 1.12 bits per heavy atom. The van der Waals surface area contributed by atoms with E-state index < -0.39 is 10.0 Å². The number of sulfonamides is 1. The predicted octanol–water partition coefficient (Wildman–Crippen LogP) is 3.31. The van der Waals surface area contributed by atoms with Crippen molar-refractivity contribution in [2.24, 2.45) is 0 Å². The summed E-state index contributed by atoms with van der Waals surface area (Å²) in [5.41, 5.74) is 2.98. The molecule has 0 N–H and O–H groups in total. The zero-order chi connectivity index (χ0) is 18.7. The molecule has 2 aromatic rings. The Morgan fingerprint density at radius 3 is 2.38 bits per heavy atom. The van der Waals surface area contributed by atoms with Gasteiger partial charge in [-0.2, -0.15) is 4.31 Å². The van der Waals surface area contributed by atoms with E-state index in [-0.39, 0.29) is 16.5 Å². The maximum absolute atomic E-state index is 12.8. The minimum absolute atomic E-state index is 0.136. The van der Waals surface area contributed by atoms with Gasteiger partial charge in [-0.15, -0.1) is 0 Å². The number of anilines is 1. The van der Waals surface area contributed by atoms with Crippen molar-refractivity contribution in [2.75, 3.05) is 38.3 Å². The Morgan fingerprint density at radius 2 is 1.77 bits per heavy atom. The van der Waals surface area contributed by atoms with Gasteiger partial charge in [0.15, 0.2) is 0 Å². The van der Waals surface area contributed by atoms with Crippen molar-refractivity contribution in [1.82, 2.24) is 4.31 Å². The maximum Gasteiger partial charge on any atom is 0.244 e. The molecule has 7 heteroatoms. The zero-order valence-corrected chi connectivity index (χ0v) is 16.6. The van der Waals surface area contributed by atoms with Crippen molar-refractivity contribution in [2.45, 2.75) is 18.4 Å². The molecule has 0 amide bonds. The van der Waals surface area contributed by atoms with Gasteiger partial charge in [-0.25, -0.2) is 8.42 Å². The van der Waals surface area contributed by atoms with Crippen LogP contribution in [0.4, 0.5) is 5.69 Å². The largest absolute Gasteiger partial charge is 0.378 e. The molecule has 5 nitrogen and oxygen atoms in total. The van der Waals surface area contributed by atoms with Gasteiger partial charge >= 0.3 is 0 Å². The van der Waals surface area contributed by atoms with Crippen LogP contribution in [0.5, 0.6) is 0 Å². The average Bonchev–Trinajstić information content (AvgIpc) is 2.62. The number of aryl methyl sites for hydroxylation is 1. The van der Waals surface area contributed by atoms with Crippen LogP contribution < -0.4 is 4.90 Å². The molecule has 1 saturated heterocycles. The molecule has 2 aromatic carbocycles. The predicted molar refractivity (Wildman–Crippen MR) is 104 cm³/mol. The molecule has 140 valence electrons. The Balaban J connectivity index is 1.73. The van der Waals surface area contributed by atoms with Gasteiger partial charge in [-0.05, 0) is 42.3 Å². The lowest BCUT2D eigenvalue weighted by atomic mass is 10.2. The SMILES string of the molecule is Cc1ccc(S(=O)(=O)N(C)Cc2ccc(N3CCOCC3)cc2)c(Cl)c1. The van der Waals surface area contributed by atoms with E-state index in [2.05, 4.69) is 4.90 Å². The summed E-state index contributed by atoms with van der Waals surface area (Å²) in [7, 11) is -2.07. The second kappa shape index (κ2) is 7.96. The highest BCUT2D eigenvalue weighted by Crippen LogP contribution is 2.26. The van der Waals surface area contributed by atoms with Crippen molar-refractivity contribution in [3.05, 3.63) is 58.6 Å².